The highest BCUT2D eigenvalue weighted by atomic mass is 32.2. The molecule has 0 aromatic heterocycles. The van der Waals surface area contributed by atoms with E-state index < -0.39 is 15.6 Å². The molecule has 5 rings (SSSR count). The second-order valence-corrected chi connectivity index (χ2v) is 22.9. The van der Waals surface area contributed by atoms with Gasteiger partial charge in [-0.3, -0.25) is 4.79 Å². The van der Waals surface area contributed by atoms with E-state index in [0.717, 1.165) is 89.9 Å². The molecule has 0 aromatic carbocycles. The van der Waals surface area contributed by atoms with Crippen LogP contribution < -0.4 is 0 Å². The van der Waals surface area contributed by atoms with Crippen LogP contribution >= 0.6 is 11.8 Å². The number of thioether (sulfide) groups is 1. The van der Waals surface area contributed by atoms with E-state index in [2.05, 4.69) is 32.0 Å². The van der Waals surface area contributed by atoms with E-state index in [1.165, 1.54) is 108 Å². The van der Waals surface area contributed by atoms with Gasteiger partial charge < -0.3 is 0 Å². The first-order valence-electron chi connectivity index (χ1n) is 22.9. The number of unbranched alkanes of at least 4 members (excludes halogenated alkanes) is 13. The van der Waals surface area contributed by atoms with E-state index >= 15 is 0 Å². The van der Waals surface area contributed by atoms with Gasteiger partial charge in [0.1, 0.15) is 11.2 Å². The number of hydrogen-bond donors (Lipinski definition) is 0. The van der Waals surface area contributed by atoms with E-state index in [-0.39, 0.29) is 44.6 Å². The SMILES string of the molecule is CCCCCCCCCCCCCCCC[C@]1(C)C[C@@](C)(CC(=O)S[C@@H]2C[C@H]3CC[C@]2(CS(=O)(=O)N(C2CCCCC2)C2CCCCC2)C3(C)C)OO1. The minimum atomic E-state index is -3.50. The lowest BCUT2D eigenvalue weighted by Gasteiger charge is -2.46. The van der Waals surface area contributed by atoms with Gasteiger partial charge in [-0.25, -0.2) is 18.2 Å². The number of rotatable bonds is 23. The smallest absolute Gasteiger partial charge is 0.215 e. The van der Waals surface area contributed by atoms with Crippen LogP contribution in [0.5, 0.6) is 0 Å². The van der Waals surface area contributed by atoms with Crippen LogP contribution in [-0.4, -0.2) is 52.1 Å². The maximum Gasteiger partial charge on any atom is 0.215 e. The lowest BCUT2D eigenvalue weighted by atomic mass is 9.70. The van der Waals surface area contributed by atoms with Gasteiger partial charge in [-0.05, 0) is 76.5 Å². The quantitative estimate of drug-likeness (QED) is 0.0759. The fourth-order valence-corrected chi connectivity index (χ4v) is 16.5. The highest BCUT2D eigenvalue weighted by Gasteiger charge is 2.66. The van der Waals surface area contributed by atoms with Crippen molar-refractivity contribution in [2.24, 2.45) is 16.7 Å². The predicted octanol–water partition coefficient (Wildman–Crippen LogP) is 12.9. The van der Waals surface area contributed by atoms with Gasteiger partial charge in [-0.2, -0.15) is 4.31 Å². The van der Waals surface area contributed by atoms with Gasteiger partial charge in [0.15, 0.2) is 5.12 Å². The fourth-order valence-electron chi connectivity index (χ4n) is 11.8. The van der Waals surface area contributed by atoms with Crippen LogP contribution in [0.15, 0.2) is 0 Å². The molecule has 53 heavy (non-hydrogen) atoms. The maximum absolute atomic E-state index is 14.8. The highest BCUT2D eigenvalue weighted by molar-refractivity contribution is 8.14. The molecule has 4 saturated carbocycles. The normalized spacial score (nSPS) is 32.3. The van der Waals surface area contributed by atoms with Crippen molar-refractivity contribution in [3.8, 4) is 0 Å². The Labute approximate surface area is 331 Å². The first kappa shape index (κ1) is 44.0. The van der Waals surface area contributed by atoms with Gasteiger partial charge in [0.25, 0.3) is 0 Å². The van der Waals surface area contributed by atoms with Crippen LogP contribution in [0.3, 0.4) is 0 Å². The number of hydrogen-bond acceptors (Lipinski definition) is 6. The summed E-state index contributed by atoms with van der Waals surface area (Å²) in [6.07, 6.45) is 34.8. The molecule has 6 nitrogen and oxygen atoms in total. The Kier molecular flexibility index (Phi) is 16.6. The minimum absolute atomic E-state index is 0.0333. The molecule has 0 amide bonds. The average Bonchev–Trinajstić information content (AvgIpc) is 3.62. The summed E-state index contributed by atoms with van der Waals surface area (Å²) in [5, 5.41) is 0.171. The van der Waals surface area contributed by atoms with Crippen molar-refractivity contribution in [3.05, 3.63) is 0 Å². The summed E-state index contributed by atoms with van der Waals surface area (Å²) in [4.78, 5) is 26.0. The van der Waals surface area contributed by atoms with Gasteiger partial charge in [-0.1, -0.05) is 161 Å². The second kappa shape index (κ2) is 20.0. The van der Waals surface area contributed by atoms with E-state index in [1.807, 2.05) is 6.92 Å². The lowest BCUT2D eigenvalue weighted by molar-refractivity contribution is -0.344. The van der Waals surface area contributed by atoms with E-state index in [9.17, 15) is 13.2 Å². The average molecular weight is 780 g/mol. The lowest BCUT2D eigenvalue weighted by Crippen LogP contribution is -2.54. The molecule has 1 heterocycles. The van der Waals surface area contributed by atoms with Crippen molar-refractivity contribution >= 4 is 26.9 Å². The number of fused-ring (bicyclic) bond motifs is 2. The summed E-state index contributed by atoms with van der Waals surface area (Å²) in [6.45, 7) is 11.1. The summed E-state index contributed by atoms with van der Waals surface area (Å²) >= 11 is 1.46. The molecule has 1 aliphatic heterocycles. The van der Waals surface area contributed by atoms with Crippen molar-refractivity contribution in [2.45, 2.75) is 256 Å². The largest absolute Gasteiger partial charge is 0.287 e. The second-order valence-electron chi connectivity index (χ2n) is 19.8. The predicted molar refractivity (Wildman–Crippen MR) is 222 cm³/mol. The van der Waals surface area contributed by atoms with Crippen LogP contribution in [0.1, 0.15) is 227 Å². The summed E-state index contributed by atoms with van der Waals surface area (Å²) in [5.74, 6) is 0.672. The third-order valence-corrected chi connectivity index (χ3v) is 18.5. The van der Waals surface area contributed by atoms with E-state index in [4.69, 9.17) is 9.78 Å². The molecule has 0 radical (unpaired) electrons. The fraction of sp³-hybridized carbons (Fsp3) is 0.978. The molecular formula is C45H81NO5S2. The van der Waals surface area contributed by atoms with Crippen molar-refractivity contribution in [1.82, 2.24) is 4.31 Å². The van der Waals surface area contributed by atoms with Gasteiger partial charge in [0.2, 0.25) is 10.0 Å². The van der Waals surface area contributed by atoms with E-state index in [0.29, 0.717) is 12.3 Å². The van der Waals surface area contributed by atoms with Gasteiger partial charge >= 0.3 is 0 Å². The van der Waals surface area contributed by atoms with E-state index in [1.54, 1.807) is 0 Å². The Morgan fingerprint density at radius 1 is 0.679 bits per heavy atom. The summed E-state index contributed by atoms with van der Waals surface area (Å²) < 4.78 is 31.7. The zero-order chi connectivity index (χ0) is 38.0. The molecule has 5 atom stereocenters. The maximum atomic E-state index is 14.8. The molecule has 0 N–H and O–H groups in total. The Balaban J connectivity index is 1.08. The Bertz CT molecular complexity index is 1210. The van der Waals surface area contributed by atoms with Crippen LogP contribution in [0, 0.1) is 16.7 Å². The number of sulfonamides is 1. The Morgan fingerprint density at radius 3 is 1.68 bits per heavy atom. The third-order valence-electron chi connectivity index (χ3n) is 15.0. The first-order chi connectivity index (χ1) is 25.3. The molecule has 5 fully saturated rings. The molecule has 8 heteroatoms. The molecule has 0 unspecified atom stereocenters. The van der Waals surface area contributed by atoms with Crippen molar-refractivity contribution in [2.75, 3.05) is 5.75 Å². The third kappa shape index (κ3) is 11.5. The number of nitrogens with zero attached hydrogens (tertiary/aromatic N) is 1. The van der Waals surface area contributed by atoms with Crippen molar-refractivity contribution < 1.29 is 23.0 Å². The molecule has 5 aliphatic rings. The number of carbonyl (C=O) groups excluding carboxylic acids is 1. The van der Waals surface area contributed by atoms with Crippen molar-refractivity contribution in [1.29, 1.82) is 0 Å². The first-order valence-corrected chi connectivity index (χ1v) is 25.4. The van der Waals surface area contributed by atoms with Crippen LogP contribution in [-0.2, 0) is 24.6 Å². The summed E-state index contributed by atoms with van der Waals surface area (Å²) in [5.41, 5.74) is -1.48. The minimum Gasteiger partial charge on any atom is -0.287 e. The van der Waals surface area contributed by atoms with Crippen LogP contribution in [0.2, 0.25) is 0 Å². The summed E-state index contributed by atoms with van der Waals surface area (Å²) in [6, 6.07) is 0.307. The molecule has 4 aliphatic carbocycles. The van der Waals surface area contributed by atoms with Gasteiger partial charge in [0, 0.05) is 35.6 Å². The molecule has 2 bridgehead atoms. The molecule has 308 valence electrons. The molecular weight excluding hydrogens is 699 g/mol. The van der Waals surface area contributed by atoms with Crippen LogP contribution in [0.25, 0.3) is 0 Å². The molecule has 0 aromatic rings. The standard InChI is InChI=1S/C45H81NO5S2/c1-6-7-8-9-10-11-12-13-14-15-16-17-18-25-31-43(4)35-44(5,51-50-43)34-41(47)52-40-33-37-30-32-45(40,42(37,2)3)36-53(48,49)46(38-26-21-19-22-27-38)39-28-23-20-24-29-39/h37-40H,6-36H2,1-5H3/t37-,40-,43-,44-,45-/m1/s1. The topological polar surface area (TPSA) is 72.9 Å². The monoisotopic (exact) mass is 780 g/mol. The van der Waals surface area contributed by atoms with Gasteiger partial charge in [-0.15, -0.1) is 0 Å². The van der Waals surface area contributed by atoms with Gasteiger partial charge in [0.05, 0.1) is 5.75 Å². The molecule has 1 saturated heterocycles. The van der Waals surface area contributed by atoms with Crippen molar-refractivity contribution in [3.63, 3.8) is 0 Å². The highest BCUT2D eigenvalue weighted by Crippen LogP contribution is 2.69. The zero-order valence-corrected chi connectivity index (χ0v) is 36.7. The zero-order valence-electron chi connectivity index (χ0n) is 35.0. The van der Waals surface area contributed by atoms with Crippen LogP contribution in [0.4, 0.5) is 0 Å². The Hall–Kier alpha value is -0.150. The summed E-state index contributed by atoms with van der Waals surface area (Å²) in [7, 11) is -3.50. The number of carbonyl (C=O) groups is 1. The Morgan fingerprint density at radius 2 is 1.17 bits per heavy atom. The molecule has 0 spiro atoms.